The van der Waals surface area contributed by atoms with Gasteiger partial charge in [0.25, 0.3) is 0 Å². The fourth-order valence-electron chi connectivity index (χ4n) is 2.75. The van der Waals surface area contributed by atoms with Crippen molar-refractivity contribution in [2.75, 3.05) is 26.2 Å². The van der Waals surface area contributed by atoms with Gasteiger partial charge in [-0.15, -0.1) is 0 Å². The molecule has 1 heterocycles. The second kappa shape index (κ2) is 8.09. The number of piperazine rings is 1. The summed E-state index contributed by atoms with van der Waals surface area (Å²) in [5.74, 6) is 0.0727. The minimum atomic E-state index is -3.72. The zero-order chi connectivity index (χ0) is 17.7. The van der Waals surface area contributed by atoms with Gasteiger partial charge in [0.1, 0.15) is 6.04 Å². The minimum Gasteiger partial charge on any atom is -0.339 e. The maximum atomic E-state index is 12.8. The molecule has 7 heteroatoms. The van der Waals surface area contributed by atoms with Crippen LogP contribution in [0.3, 0.4) is 0 Å². The van der Waals surface area contributed by atoms with Gasteiger partial charge in [-0.1, -0.05) is 31.5 Å². The van der Waals surface area contributed by atoms with Gasteiger partial charge in [-0.05, 0) is 31.4 Å². The molecule has 0 aliphatic carbocycles. The molecule has 1 saturated heterocycles. The Bertz CT molecular complexity index is 650. The van der Waals surface area contributed by atoms with Crippen molar-refractivity contribution in [1.29, 1.82) is 0 Å². The molecule has 0 saturated carbocycles. The van der Waals surface area contributed by atoms with Crippen LogP contribution in [0.25, 0.3) is 0 Å². The first-order valence-corrected chi connectivity index (χ1v) is 9.86. The highest BCUT2D eigenvalue weighted by atomic mass is 32.2. The van der Waals surface area contributed by atoms with E-state index in [4.69, 9.17) is 0 Å². The Labute approximate surface area is 144 Å². The molecule has 134 valence electrons. The Morgan fingerprint density at radius 2 is 1.79 bits per heavy atom. The Morgan fingerprint density at radius 1 is 1.21 bits per heavy atom. The maximum Gasteiger partial charge on any atom is 0.241 e. The van der Waals surface area contributed by atoms with Crippen molar-refractivity contribution < 1.29 is 13.2 Å². The van der Waals surface area contributed by atoms with Gasteiger partial charge in [-0.3, -0.25) is 4.79 Å². The highest BCUT2D eigenvalue weighted by Crippen LogP contribution is 2.15. The lowest BCUT2D eigenvalue weighted by molar-refractivity contribution is -0.133. The Kier molecular flexibility index (Phi) is 6.37. The molecule has 2 rings (SSSR count). The first-order valence-electron chi connectivity index (χ1n) is 8.38. The van der Waals surface area contributed by atoms with Crippen LogP contribution in [-0.4, -0.2) is 51.4 Å². The van der Waals surface area contributed by atoms with Crippen LogP contribution in [0.15, 0.2) is 29.2 Å². The third kappa shape index (κ3) is 5.03. The SMILES string of the molecule is Cc1ccc(S(=O)(=O)NC(CC(C)C)C(=O)N2CCNCC2)cc1. The smallest absolute Gasteiger partial charge is 0.241 e. The van der Waals surface area contributed by atoms with Crippen LogP contribution >= 0.6 is 0 Å². The number of benzene rings is 1. The van der Waals surface area contributed by atoms with Crippen molar-refractivity contribution in [3.8, 4) is 0 Å². The summed E-state index contributed by atoms with van der Waals surface area (Å²) in [7, 11) is -3.72. The first-order chi connectivity index (χ1) is 11.3. The van der Waals surface area contributed by atoms with Crippen molar-refractivity contribution in [3.05, 3.63) is 29.8 Å². The van der Waals surface area contributed by atoms with E-state index in [0.717, 1.165) is 18.7 Å². The van der Waals surface area contributed by atoms with Crippen LogP contribution in [-0.2, 0) is 14.8 Å². The van der Waals surface area contributed by atoms with Crippen LogP contribution < -0.4 is 10.0 Å². The molecule has 1 aromatic rings. The van der Waals surface area contributed by atoms with Crippen LogP contribution in [0.5, 0.6) is 0 Å². The van der Waals surface area contributed by atoms with Crippen LogP contribution in [0.4, 0.5) is 0 Å². The van der Waals surface area contributed by atoms with E-state index < -0.39 is 16.1 Å². The van der Waals surface area contributed by atoms with E-state index in [9.17, 15) is 13.2 Å². The summed E-state index contributed by atoms with van der Waals surface area (Å²) in [5.41, 5.74) is 0.990. The molecule has 1 unspecified atom stereocenters. The number of sulfonamides is 1. The van der Waals surface area contributed by atoms with Crippen LogP contribution in [0, 0.1) is 12.8 Å². The third-order valence-corrected chi connectivity index (χ3v) is 5.55. The Morgan fingerprint density at radius 3 is 2.33 bits per heavy atom. The van der Waals surface area contributed by atoms with E-state index in [1.807, 2.05) is 20.8 Å². The average Bonchev–Trinajstić information content (AvgIpc) is 2.54. The van der Waals surface area contributed by atoms with Gasteiger partial charge in [-0.2, -0.15) is 4.72 Å². The standard InChI is InChI=1S/C17H27N3O3S/c1-13(2)12-16(17(21)20-10-8-18-9-11-20)19-24(22,23)15-6-4-14(3)5-7-15/h4-7,13,16,18-19H,8-12H2,1-3H3. The number of rotatable bonds is 6. The predicted molar refractivity (Wildman–Crippen MR) is 94.2 cm³/mol. The molecule has 1 atom stereocenters. The third-order valence-electron chi connectivity index (χ3n) is 4.06. The lowest BCUT2D eigenvalue weighted by Gasteiger charge is -2.31. The molecule has 0 radical (unpaired) electrons. The molecule has 1 amide bonds. The summed E-state index contributed by atoms with van der Waals surface area (Å²) in [4.78, 5) is 14.7. The highest BCUT2D eigenvalue weighted by Gasteiger charge is 2.30. The predicted octanol–water partition coefficient (Wildman–Crippen LogP) is 1.12. The van der Waals surface area contributed by atoms with Gasteiger partial charge in [0.15, 0.2) is 0 Å². The van der Waals surface area contributed by atoms with Gasteiger partial charge < -0.3 is 10.2 Å². The number of carbonyl (C=O) groups excluding carboxylic acids is 1. The Balaban J connectivity index is 2.17. The first kappa shape index (κ1) is 18.9. The Hall–Kier alpha value is -1.44. The number of aryl methyl sites for hydroxylation is 1. The summed E-state index contributed by atoms with van der Waals surface area (Å²) in [5, 5.41) is 3.20. The van der Waals surface area contributed by atoms with Crippen LogP contribution in [0.2, 0.25) is 0 Å². The number of hydrogen-bond donors (Lipinski definition) is 2. The van der Waals surface area contributed by atoms with E-state index >= 15 is 0 Å². The largest absolute Gasteiger partial charge is 0.339 e. The molecule has 1 fully saturated rings. The van der Waals surface area contributed by atoms with Crippen molar-refractivity contribution in [2.45, 2.75) is 38.1 Å². The zero-order valence-electron chi connectivity index (χ0n) is 14.6. The van der Waals surface area contributed by atoms with Crippen molar-refractivity contribution >= 4 is 15.9 Å². The van der Waals surface area contributed by atoms with Gasteiger partial charge >= 0.3 is 0 Å². The van der Waals surface area contributed by atoms with Gasteiger partial charge in [-0.25, -0.2) is 8.42 Å². The number of nitrogens with one attached hydrogen (secondary N) is 2. The zero-order valence-corrected chi connectivity index (χ0v) is 15.4. The van der Waals surface area contributed by atoms with Gasteiger partial charge in [0.2, 0.25) is 15.9 Å². The molecule has 1 aliphatic heterocycles. The summed E-state index contributed by atoms with van der Waals surface area (Å²) >= 11 is 0. The second-order valence-electron chi connectivity index (χ2n) is 6.69. The molecule has 0 aromatic heterocycles. The van der Waals surface area contributed by atoms with E-state index in [1.54, 1.807) is 29.2 Å². The molecule has 24 heavy (non-hydrogen) atoms. The number of nitrogens with zero attached hydrogens (tertiary/aromatic N) is 1. The highest BCUT2D eigenvalue weighted by molar-refractivity contribution is 7.89. The van der Waals surface area contributed by atoms with Crippen molar-refractivity contribution in [1.82, 2.24) is 14.9 Å². The molecule has 0 bridgehead atoms. The molecule has 1 aliphatic rings. The fourth-order valence-corrected chi connectivity index (χ4v) is 3.95. The fraction of sp³-hybridized carbons (Fsp3) is 0.588. The normalized spacial score (nSPS) is 17.1. The van der Waals surface area contributed by atoms with E-state index in [-0.39, 0.29) is 16.7 Å². The molecule has 6 nitrogen and oxygen atoms in total. The molecular weight excluding hydrogens is 326 g/mol. The van der Waals surface area contributed by atoms with Crippen molar-refractivity contribution in [3.63, 3.8) is 0 Å². The van der Waals surface area contributed by atoms with E-state index in [1.165, 1.54) is 0 Å². The minimum absolute atomic E-state index is 0.138. The van der Waals surface area contributed by atoms with Gasteiger partial charge in [0.05, 0.1) is 4.90 Å². The quantitative estimate of drug-likeness (QED) is 0.803. The van der Waals surface area contributed by atoms with Crippen molar-refractivity contribution in [2.24, 2.45) is 5.92 Å². The lowest BCUT2D eigenvalue weighted by Crippen LogP contribution is -2.54. The van der Waals surface area contributed by atoms with E-state index in [2.05, 4.69) is 10.0 Å². The summed E-state index contributed by atoms with van der Waals surface area (Å²) in [6, 6.07) is 5.92. The summed E-state index contributed by atoms with van der Waals surface area (Å²) in [6.07, 6.45) is 0.480. The lowest BCUT2D eigenvalue weighted by atomic mass is 10.0. The molecule has 1 aromatic carbocycles. The summed E-state index contributed by atoms with van der Waals surface area (Å²) in [6.45, 7) is 8.57. The monoisotopic (exact) mass is 353 g/mol. The molecular formula is C17H27N3O3S. The summed E-state index contributed by atoms with van der Waals surface area (Å²) < 4.78 is 27.9. The average molecular weight is 353 g/mol. The second-order valence-corrected chi connectivity index (χ2v) is 8.41. The van der Waals surface area contributed by atoms with Crippen LogP contribution in [0.1, 0.15) is 25.8 Å². The topological polar surface area (TPSA) is 78.5 Å². The number of hydrogen-bond acceptors (Lipinski definition) is 4. The molecule has 2 N–H and O–H groups in total. The number of carbonyl (C=O) groups is 1. The maximum absolute atomic E-state index is 12.8. The molecule has 0 spiro atoms. The van der Waals surface area contributed by atoms with Gasteiger partial charge in [0, 0.05) is 26.2 Å². The number of amides is 1. The van der Waals surface area contributed by atoms with E-state index in [0.29, 0.717) is 19.5 Å².